The lowest BCUT2D eigenvalue weighted by Gasteiger charge is -2.46. The topological polar surface area (TPSA) is 32.3 Å². The smallest absolute Gasteiger partial charge is 0.223 e. The summed E-state index contributed by atoms with van der Waals surface area (Å²) in [6.45, 7) is 3.38. The lowest BCUT2D eigenvalue weighted by Crippen LogP contribution is -2.56. The van der Waals surface area contributed by atoms with Crippen molar-refractivity contribution in [1.29, 1.82) is 0 Å². The van der Waals surface area contributed by atoms with Gasteiger partial charge in [-0.2, -0.15) is 0 Å². The summed E-state index contributed by atoms with van der Waals surface area (Å²) in [5.41, 5.74) is 2.36. The first-order chi connectivity index (χ1) is 16.2. The van der Waals surface area contributed by atoms with Crippen molar-refractivity contribution in [2.45, 2.75) is 50.6 Å². The van der Waals surface area contributed by atoms with E-state index in [2.05, 4.69) is 95.2 Å². The summed E-state index contributed by atoms with van der Waals surface area (Å²) in [6, 6.07) is 21.4. The maximum Gasteiger partial charge on any atom is 0.223 e. The van der Waals surface area contributed by atoms with Gasteiger partial charge in [-0.25, -0.2) is 0 Å². The molecule has 0 spiro atoms. The van der Waals surface area contributed by atoms with Crippen LogP contribution in [0.3, 0.4) is 0 Å². The van der Waals surface area contributed by atoms with Crippen molar-refractivity contribution in [2.24, 2.45) is 17.8 Å². The second-order valence-corrected chi connectivity index (χ2v) is 10.2. The number of carbonyl (C=O) groups excluding carboxylic acids is 1. The minimum atomic E-state index is -0.282. The van der Waals surface area contributed by atoms with Crippen molar-refractivity contribution in [1.82, 2.24) is 10.2 Å². The Bertz CT molecular complexity index is 983. The molecule has 5 rings (SSSR count). The van der Waals surface area contributed by atoms with Gasteiger partial charge in [-0.05, 0) is 62.1 Å². The van der Waals surface area contributed by atoms with Crippen LogP contribution >= 0.6 is 0 Å². The predicted octanol–water partition coefficient (Wildman–Crippen LogP) is 5.84. The molecule has 0 aromatic heterocycles. The van der Waals surface area contributed by atoms with Gasteiger partial charge in [0.25, 0.3) is 0 Å². The van der Waals surface area contributed by atoms with Crippen LogP contribution in [0.25, 0.3) is 0 Å². The highest BCUT2D eigenvalue weighted by Crippen LogP contribution is 2.43. The summed E-state index contributed by atoms with van der Waals surface area (Å²) < 4.78 is 0. The average molecular weight is 441 g/mol. The van der Waals surface area contributed by atoms with Crippen molar-refractivity contribution in [3.05, 3.63) is 96.1 Å². The average Bonchev–Trinajstić information content (AvgIpc) is 3.32. The van der Waals surface area contributed by atoms with Crippen molar-refractivity contribution >= 4 is 5.91 Å². The third-order valence-corrected chi connectivity index (χ3v) is 8.05. The molecular formula is C30H36N2O. The lowest BCUT2D eigenvalue weighted by atomic mass is 9.68. The molecular weight excluding hydrogens is 404 g/mol. The highest BCUT2D eigenvalue weighted by molar-refractivity contribution is 5.80. The fraction of sp³-hybridized carbons (Fsp3) is 0.433. The van der Waals surface area contributed by atoms with E-state index in [1.165, 1.54) is 24.1 Å². The molecule has 1 amide bonds. The van der Waals surface area contributed by atoms with Gasteiger partial charge >= 0.3 is 0 Å². The number of carbonyl (C=O) groups is 1. The molecule has 0 bridgehead atoms. The Hall–Kier alpha value is -2.65. The number of hydrogen-bond acceptors (Lipinski definition) is 2. The highest BCUT2D eigenvalue weighted by Gasteiger charge is 2.45. The number of piperidine rings is 1. The van der Waals surface area contributed by atoms with E-state index >= 15 is 0 Å². The summed E-state index contributed by atoms with van der Waals surface area (Å²) in [5.74, 6) is 1.44. The van der Waals surface area contributed by atoms with Crippen LogP contribution in [-0.2, 0) is 16.9 Å². The molecule has 2 aromatic carbocycles. The van der Waals surface area contributed by atoms with Crippen LogP contribution < -0.4 is 5.32 Å². The van der Waals surface area contributed by atoms with E-state index in [1.54, 1.807) is 0 Å². The fourth-order valence-electron chi connectivity index (χ4n) is 6.15. The highest BCUT2D eigenvalue weighted by atomic mass is 16.2. The molecule has 0 saturated carbocycles. The summed E-state index contributed by atoms with van der Waals surface area (Å²) >= 11 is 0. The Morgan fingerprint density at radius 1 is 0.939 bits per heavy atom. The summed E-state index contributed by atoms with van der Waals surface area (Å²) in [4.78, 5) is 15.9. The minimum Gasteiger partial charge on any atom is -0.346 e. The van der Waals surface area contributed by atoms with E-state index in [9.17, 15) is 4.79 Å². The molecule has 33 heavy (non-hydrogen) atoms. The van der Waals surface area contributed by atoms with Crippen LogP contribution in [0.4, 0.5) is 0 Å². The van der Waals surface area contributed by atoms with E-state index < -0.39 is 0 Å². The Morgan fingerprint density at radius 2 is 1.73 bits per heavy atom. The summed E-state index contributed by atoms with van der Waals surface area (Å²) in [6.07, 6.45) is 15.2. The molecule has 0 radical (unpaired) electrons. The Kier molecular flexibility index (Phi) is 6.78. The Labute approximate surface area is 198 Å². The van der Waals surface area contributed by atoms with E-state index in [1.807, 2.05) is 0 Å². The molecule has 2 fully saturated rings. The molecule has 4 unspecified atom stereocenters. The Morgan fingerprint density at radius 3 is 2.45 bits per heavy atom. The fourth-order valence-corrected chi connectivity index (χ4v) is 6.15. The second kappa shape index (κ2) is 10.1. The third-order valence-electron chi connectivity index (χ3n) is 8.05. The normalized spacial score (nSPS) is 29.8. The number of likely N-dealkylation sites (tertiary alicyclic amines) is 1. The largest absolute Gasteiger partial charge is 0.346 e. The molecule has 2 heterocycles. The van der Waals surface area contributed by atoms with Gasteiger partial charge in [-0.1, -0.05) is 85.0 Å². The van der Waals surface area contributed by atoms with Crippen LogP contribution in [0, 0.1) is 17.8 Å². The molecule has 2 saturated heterocycles. The third kappa shape index (κ3) is 4.99. The molecule has 2 aromatic rings. The van der Waals surface area contributed by atoms with E-state index in [-0.39, 0.29) is 17.4 Å². The molecule has 172 valence electrons. The van der Waals surface area contributed by atoms with Crippen LogP contribution in [0.15, 0.2) is 85.0 Å². The zero-order valence-electron chi connectivity index (χ0n) is 19.5. The van der Waals surface area contributed by atoms with E-state index in [4.69, 9.17) is 0 Å². The first-order valence-electron chi connectivity index (χ1n) is 12.7. The molecule has 3 aliphatic rings. The number of amides is 1. The first kappa shape index (κ1) is 22.2. The van der Waals surface area contributed by atoms with Gasteiger partial charge in [0.1, 0.15) is 0 Å². The van der Waals surface area contributed by atoms with Crippen LogP contribution in [-0.4, -0.2) is 23.9 Å². The summed E-state index contributed by atoms with van der Waals surface area (Å²) in [7, 11) is 0. The number of allylic oxidation sites excluding steroid dienone is 3. The van der Waals surface area contributed by atoms with Crippen LogP contribution in [0.1, 0.15) is 49.7 Å². The van der Waals surface area contributed by atoms with Gasteiger partial charge in [0.05, 0.1) is 5.54 Å². The maximum absolute atomic E-state index is 13.4. The first-order valence-corrected chi connectivity index (χ1v) is 12.7. The minimum absolute atomic E-state index is 0.146. The second-order valence-electron chi connectivity index (χ2n) is 10.2. The number of nitrogens with zero attached hydrogens (tertiary/aromatic N) is 1. The summed E-state index contributed by atoms with van der Waals surface area (Å²) in [5, 5.41) is 3.55. The molecule has 1 aliphatic carbocycles. The molecule has 1 N–H and O–H groups in total. The Balaban J connectivity index is 1.18. The van der Waals surface area contributed by atoms with Crippen molar-refractivity contribution in [3.63, 3.8) is 0 Å². The van der Waals surface area contributed by atoms with Gasteiger partial charge in [0.2, 0.25) is 5.91 Å². The maximum atomic E-state index is 13.4. The predicted molar refractivity (Wildman–Crippen MR) is 134 cm³/mol. The van der Waals surface area contributed by atoms with Crippen LogP contribution in [0.2, 0.25) is 0 Å². The number of rotatable bonds is 7. The standard InChI is InChI=1S/C30H36N2O/c33-29-26(17-16-25-19-21-32(23-25)22-24-10-4-1-5-11-24)18-20-30(31-29,27-12-6-2-7-13-27)28-14-8-3-9-15-28/h1-14,25-26,28H,15-23H2,(H,31,33). The van der Waals surface area contributed by atoms with E-state index in [0.29, 0.717) is 11.8 Å². The SMILES string of the molecule is O=C1NC(c2ccccc2)(C2C=CC=CC2)CCC1CCC1CCN(Cc2ccccc2)C1. The van der Waals surface area contributed by atoms with Gasteiger partial charge in [0.15, 0.2) is 0 Å². The monoisotopic (exact) mass is 440 g/mol. The molecule has 3 nitrogen and oxygen atoms in total. The molecule has 4 atom stereocenters. The van der Waals surface area contributed by atoms with Crippen molar-refractivity contribution in [3.8, 4) is 0 Å². The van der Waals surface area contributed by atoms with Gasteiger partial charge < -0.3 is 5.32 Å². The molecule has 3 heteroatoms. The van der Waals surface area contributed by atoms with Gasteiger partial charge in [-0.3, -0.25) is 9.69 Å². The van der Waals surface area contributed by atoms with Gasteiger partial charge in [-0.15, -0.1) is 0 Å². The van der Waals surface area contributed by atoms with Crippen LogP contribution in [0.5, 0.6) is 0 Å². The zero-order valence-corrected chi connectivity index (χ0v) is 19.5. The number of nitrogens with one attached hydrogen (secondary N) is 1. The number of hydrogen-bond donors (Lipinski definition) is 1. The van der Waals surface area contributed by atoms with Gasteiger partial charge in [0, 0.05) is 24.9 Å². The number of benzene rings is 2. The van der Waals surface area contributed by atoms with Crippen molar-refractivity contribution < 1.29 is 4.79 Å². The van der Waals surface area contributed by atoms with Crippen molar-refractivity contribution in [2.75, 3.05) is 13.1 Å². The van der Waals surface area contributed by atoms with E-state index in [0.717, 1.165) is 45.2 Å². The molecule has 2 aliphatic heterocycles. The lowest BCUT2D eigenvalue weighted by molar-refractivity contribution is -0.131. The quantitative estimate of drug-likeness (QED) is 0.586. The zero-order chi connectivity index (χ0) is 22.5.